The summed E-state index contributed by atoms with van der Waals surface area (Å²) in [5, 5.41) is 0. The SMILES string of the molecule is CCCCc1ccc2c(c1)CCC(CCc1ccc(CC)cc1F)C2. The zero-order valence-corrected chi connectivity index (χ0v) is 15.8. The van der Waals surface area contributed by atoms with Crippen molar-refractivity contribution in [1.82, 2.24) is 0 Å². The highest BCUT2D eigenvalue weighted by molar-refractivity contribution is 5.34. The molecule has 1 unspecified atom stereocenters. The van der Waals surface area contributed by atoms with Crippen LogP contribution in [-0.4, -0.2) is 0 Å². The van der Waals surface area contributed by atoms with Crippen molar-refractivity contribution in [2.45, 2.75) is 71.6 Å². The van der Waals surface area contributed by atoms with Gasteiger partial charge in [-0.25, -0.2) is 4.39 Å². The van der Waals surface area contributed by atoms with Gasteiger partial charge >= 0.3 is 0 Å². The predicted molar refractivity (Wildman–Crippen MR) is 105 cm³/mol. The van der Waals surface area contributed by atoms with Gasteiger partial charge in [0, 0.05) is 0 Å². The van der Waals surface area contributed by atoms with E-state index in [1.807, 2.05) is 6.07 Å². The molecule has 0 N–H and O–H groups in total. The van der Waals surface area contributed by atoms with E-state index in [0.717, 1.165) is 36.8 Å². The van der Waals surface area contributed by atoms with Crippen LogP contribution in [0.3, 0.4) is 0 Å². The van der Waals surface area contributed by atoms with Gasteiger partial charge in [-0.05, 0) is 91.2 Å². The van der Waals surface area contributed by atoms with Gasteiger partial charge in [-0.2, -0.15) is 0 Å². The summed E-state index contributed by atoms with van der Waals surface area (Å²) >= 11 is 0. The molecule has 1 aliphatic rings. The van der Waals surface area contributed by atoms with Crippen LogP contribution in [0.15, 0.2) is 36.4 Å². The Morgan fingerprint density at radius 2 is 1.80 bits per heavy atom. The van der Waals surface area contributed by atoms with E-state index in [2.05, 4.69) is 38.1 Å². The van der Waals surface area contributed by atoms with Gasteiger partial charge < -0.3 is 0 Å². The second-order valence-corrected chi connectivity index (χ2v) is 7.63. The molecular formula is C24H31F. The molecule has 0 aromatic heterocycles. The molecule has 1 heteroatoms. The number of hydrogen-bond acceptors (Lipinski definition) is 0. The molecule has 0 saturated carbocycles. The molecule has 1 aliphatic carbocycles. The van der Waals surface area contributed by atoms with E-state index < -0.39 is 0 Å². The van der Waals surface area contributed by atoms with E-state index in [4.69, 9.17) is 0 Å². The van der Waals surface area contributed by atoms with Gasteiger partial charge in [-0.1, -0.05) is 50.6 Å². The fourth-order valence-corrected chi connectivity index (χ4v) is 4.04. The standard InChI is InChI=1S/C24H31F/c1-3-5-6-19-9-13-23-16-20(10-14-22(23)15-19)8-12-21-11-7-18(4-2)17-24(21)25/h7,9,11,13,15,17,20H,3-6,8,10,12,14,16H2,1-2H3. The van der Waals surface area contributed by atoms with Crippen molar-refractivity contribution in [1.29, 1.82) is 0 Å². The number of unbranched alkanes of at least 4 members (excludes halogenated alkanes) is 1. The van der Waals surface area contributed by atoms with Gasteiger partial charge in [0.1, 0.15) is 5.82 Å². The molecule has 0 fully saturated rings. The first-order valence-electron chi connectivity index (χ1n) is 10.1. The lowest BCUT2D eigenvalue weighted by Crippen LogP contribution is -2.15. The van der Waals surface area contributed by atoms with Crippen molar-refractivity contribution < 1.29 is 4.39 Å². The van der Waals surface area contributed by atoms with Gasteiger partial charge in [0.2, 0.25) is 0 Å². The number of aryl methyl sites for hydroxylation is 4. The Bertz CT molecular complexity index is 701. The van der Waals surface area contributed by atoms with Crippen LogP contribution >= 0.6 is 0 Å². The molecule has 0 amide bonds. The molecule has 2 aromatic rings. The molecule has 0 saturated heterocycles. The molecule has 2 aromatic carbocycles. The average molecular weight is 339 g/mol. The summed E-state index contributed by atoms with van der Waals surface area (Å²) in [5.41, 5.74) is 6.56. The molecule has 3 rings (SSSR count). The third-order valence-electron chi connectivity index (χ3n) is 5.77. The summed E-state index contributed by atoms with van der Waals surface area (Å²) in [6.45, 7) is 4.32. The fourth-order valence-electron chi connectivity index (χ4n) is 4.04. The van der Waals surface area contributed by atoms with Crippen LogP contribution in [-0.2, 0) is 32.1 Å². The number of rotatable bonds is 7. The number of benzene rings is 2. The first-order valence-corrected chi connectivity index (χ1v) is 10.1. The minimum atomic E-state index is -0.0175. The van der Waals surface area contributed by atoms with Gasteiger partial charge in [-0.3, -0.25) is 0 Å². The maximum atomic E-state index is 14.2. The van der Waals surface area contributed by atoms with Crippen molar-refractivity contribution in [3.63, 3.8) is 0 Å². The van der Waals surface area contributed by atoms with Crippen molar-refractivity contribution in [2.75, 3.05) is 0 Å². The summed E-state index contributed by atoms with van der Waals surface area (Å²) < 4.78 is 14.2. The van der Waals surface area contributed by atoms with E-state index in [1.54, 1.807) is 11.6 Å². The van der Waals surface area contributed by atoms with E-state index in [-0.39, 0.29) is 5.82 Å². The summed E-state index contributed by atoms with van der Waals surface area (Å²) in [5.74, 6) is 0.676. The lowest BCUT2D eigenvalue weighted by atomic mass is 9.80. The Kier molecular flexibility index (Phi) is 6.29. The molecule has 0 heterocycles. The maximum absolute atomic E-state index is 14.2. The third-order valence-corrected chi connectivity index (χ3v) is 5.77. The van der Waals surface area contributed by atoms with Crippen LogP contribution in [0.2, 0.25) is 0 Å². The molecule has 0 bridgehead atoms. The van der Waals surface area contributed by atoms with Crippen LogP contribution < -0.4 is 0 Å². The van der Waals surface area contributed by atoms with E-state index in [9.17, 15) is 4.39 Å². The van der Waals surface area contributed by atoms with Gasteiger partial charge in [0.25, 0.3) is 0 Å². The smallest absolute Gasteiger partial charge is 0.126 e. The monoisotopic (exact) mass is 338 g/mol. The van der Waals surface area contributed by atoms with Crippen LogP contribution in [0.4, 0.5) is 4.39 Å². The summed E-state index contributed by atoms with van der Waals surface area (Å²) in [4.78, 5) is 0. The molecule has 0 spiro atoms. The normalized spacial score (nSPS) is 16.7. The third kappa shape index (κ3) is 4.71. The van der Waals surface area contributed by atoms with E-state index >= 15 is 0 Å². The Morgan fingerprint density at radius 3 is 2.56 bits per heavy atom. The van der Waals surface area contributed by atoms with Crippen LogP contribution in [0.5, 0.6) is 0 Å². The highest BCUT2D eigenvalue weighted by atomic mass is 19.1. The topological polar surface area (TPSA) is 0 Å². The van der Waals surface area contributed by atoms with E-state index in [1.165, 1.54) is 43.2 Å². The van der Waals surface area contributed by atoms with Crippen molar-refractivity contribution >= 4 is 0 Å². The minimum Gasteiger partial charge on any atom is -0.207 e. The Hall–Kier alpha value is -1.63. The van der Waals surface area contributed by atoms with Crippen molar-refractivity contribution in [3.05, 3.63) is 70.0 Å². The van der Waals surface area contributed by atoms with Crippen molar-refractivity contribution in [3.8, 4) is 0 Å². The highest BCUT2D eigenvalue weighted by Gasteiger charge is 2.19. The maximum Gasteiger partial charge on any atom is 0.126 e. The molecule has 0 nitrogen and oxygen atoms in total. The van der Waals surface area contributed by atoms with E-state index in [0.29, 0.717) is 5.92 Å². The molecule has 1 atom stereocenters. The number of hydrogen-bond donors (Lipinski definition) is 0. The van der Waals surface area contributed by atoms with Gasteiger partial charge in [-0.15, -0.1) is 0 Å². The molecule has 0 radical (unpaired) electrons. The fraction of sp³-hybridized carbons (Fsp3) is 0.500. The Labute approximate surface area is 152 Å². The highest BCUT2D eigenvalue weighted by Crippen LogP contribution is 2.30. The number of halogens is 1. The summed E-state index contributed by atoms with van der Waals surface area (Å²) in [7, 11) is 0. The van der Waals surface area contributed by atoms with Crippen LogP contribution in [0, 0.1) is 11.7 Å². The van der Waals surface area contributed by atoms with Gasteiger partial charge in [0.05, 0.1) is 0 Å². The minimum absolute atomic E-state index is 0.0175. The second-order valence-electron chi connectivity index (χ2n) is 7.63. The Balaban J connectivity index is 1.58. The lowest BCUT2D eigenvalue weighted by molar-refractivity contribution is 0.423. The predicted octanol–water partition coefficient (Wildman–Crippen LogP) is 6.47. The zero-order valence-electron chi connectivity index (χ0n) is 15.8. The largest absolute Gasteiger partial charge is 0.207 e. The zero-order chi connectivity index (χ0) is 17.6. The molecule has 134 valence electrons. The lowest BCUT2D eigenvalue weighted by Gasteiger charge is -2.25. The average Bonchev–Trinajstić information content (AvgIpc) is 2.65. The van der Waals surface area contributed by atoms with Gasteiger partial charge in [0.15, 0.2) is 0 Å². The number of fused-ring (bicyclic) bond motifs is 1. The molecule has 0 aliphatic heterocycles. The first-order chi connectivity index (χ1) is 12.2. The quantitative estimate of drug-likeness (QED) is 0.543. The molecule has 25 heavy (non-hydrogen) atoms. The van der Waals surface area contributed by atoms with Crippen LogP contribution in [0.25, 0.3) is 0 Å². The summed E-state index contributed by atoms with van der Waals surface area (Å²) in [6, 6.07) is 12.9. The van der Waals surface area contributed by atoms with Crippen LogP contribution in [0.1, 0.15) is 67.3 Å². The second kappa shape index (κ2) is 8.65. The summed E-state index contributed by atoms with van der Waals surface area (Å²) in [6.07, 6.45) is 10.2. The Morgan fingerprint density at radius 1 is 0.960 bits per heavy atom. The van der Waals surface area contributed by atoms with Crippen molar-refractivity contribution in [2.24, 2.45) is 5.92 Å². The first kappa shape index (κ1) is 18.2. The molecular weight excluding hydrogens is 307 g/mol.